The number of hydrogen-bond acceptors (Lipinski definition) is 4. The van der Waals surface area contributed by atoms with E-state index in [1.807, 2.05) is 13.8 Å². The Bertz CT molecular complexity index is 726. The van der Waals surface area contributed by atoms with Gasteiger partial charge in [-0.05, 0) is 55.4 Å². The minimum Gasteiger partial charge on any atom is -0.465 e. The first-order valence-electron chi connectivity index (χ1n) is 7.00. The molecule has 1 aromatic heterocycles. The van der Waals surface area contributed by atoms with Crippen LogP contribution in [-0.2, 0) is 11.2 Å². The van der Waals surface area contributed by atoms with Gasteiger partial charge in [-0.1, -0.05) is 6.92 Å². The van der Waals surface area contributed by atoms with Gasteiger partial charge in [-0.25, -0.2) is 9.18 Å². The first kappa shape index (κ1) is 17.4. The van der Waals surface area contributed by atoms with E-state index < -0.39 is 5.97 Å². The van der Waals surface area contributed by atoms with E-state index in [9.17, 15) is 9.18 Å². The summed E-state index contributed by atoms with van der Waals surface area (Å²) in [5.74, 6) is -0.706. The van der Waals surface area contributed by atoms with E-state index in [0.29, 0.717) is 21.4 Å². The number of thiocarbonyl (C=S) groups is 1. The molecule has 0 aliphatic heterocycles. The Hall–Kier alpha value is -1.99. The van der Waals surface area contributed by atoms with Crippen LogP contribution in [0.25, 0.3) is 0 Å². The van der Waals surface area contributed by atoms with Gasteiger partial charge < -0.3 is 15.4 Å². The molecule has 0 radical (unpaired) electrons. The van der Waals surface area contributed by atoms with Crippen molar-refractivity contribution in [3.05, 3.63) is 46.1 Å². The molecule has 0 bridgehead atoms. The molecule has 0 fully saturated rings. The zero-order chi connectivity index (χ0) is 17.0. The molecule has 0 unspecified atom stereocenters. The van der Waals surface area contributed by atoms with Crippen LogP contribution in [0, 0.1) is 12.7 Å². The molecule has 122 valence electrons. The minimum atomic E-state index is -0.390. The van der Waals surface area contributed by atoms with Crippen LogP contribution in [0.15, 0.2) is 24.3 Å². The van der Waals surface area contributed by atoms with Crippen LogP contribution in [0.1, 0.15) is 27.7 Å². The highest BCUT2D eigenvalue weighted by molar-refractivity contribution is 7.80. The van der Waals surface area contributed by atoms with E-state index in [0.717, 1.165) is 16.9 Å². The molecule has 0 spiro atoms. The third-order valence-corrected chi connectivity index (χ3v) is 4.55. The molecule has 23 heavy (non-hydrogen) atoms. The summed E-state index contributed by atoms with van der Waals surface area (Å²) in [6.07, 6.45) is 0.729. The van der Waals surface area contributed by atoms with Crippen LogP contribution in [0.2, 0.25) is 0 Å². The molecule has 0 saturated carbocycles. The van der Waals surface area contributed by atoms with E-state index in [1.165, 1.54) is 30.6 Å². The molecule has 2 N–H and O–H groups in total. The van der Waals surface area contributed by atoms with Crippen LogP contribution < -0.4 is 10.6 Å². The monoisotopic (exact) mass is 352 g/mol. The van der Waals surface area contributed by atoms with Crippen LogP contribution in [0.4, 0.5) is 15.1 Å². The van der Waals surface area contributed by atoms with Crippen LogP contribution in [0.3, 0.4) is 0 Å². The summed E-state index contributed by atoms with van der Waals surface area (Å²) in [5.41, 5.74) is 2.13. The van der Waals surface area contributed by atoms with Gasteiger partial charge in [0.1, 0.15) is 10.8 Å². The summed E-state index contributed by atoms with van der Waals surface area (Å²) in [5, 5.41) is 6.95. The zero-order valence-electron chi connectivity index (χ0n) is 13.0. The Kier molecular flexibility index (Phi) is 5.68. The Labute approximate surface area is 143 Å². The number of thiophene rings is 1. The quantitative estimate of drug-likeness (QED) is 0.633. The molecule has 2 aromatic rings. The summed E-state index contributed by atoms with van der Waals surface area (Å²) in [6.45, 7) is 3.94. The average molecular weight is 352 g/mol. The number of carbonyl (C=O) groups is 1. The van der Waals surface area contributed by atoms with E-state index in [2.05, 4.69) is 10.6 Å². The van der Waals surface area contributed by atoms with E-state index in [4.69, 9.17) is 17.0 Å². The van der Waals surface area contributed by atoms with Gasteiger partial charge >= 0.3 is 5.97 Å². The molecule has 7 heteroatoms. The Morgan fingerprint density at radius 2 is 1.96 bits per heavy atom. The number of nitrogens with one attached hydrogen (secondary N) is 2. The first-order valence-corrected chi connectivity index (χ1v) is 8.22. The van der Waals surface area contributed by atoms with Gasteiger partial charge in [0.15, 0.2) is 5.11 Å². The van der Waals surface area contributed by atoms with Crippen molar-refractivity contribution in [2.24, 2.45) is 0 Å². The molecule has 4 nitrogen and oxygen atoms in total. The van der Waals surface area contributed by atoms with Crippen molar-refractivity contribution >= 4 is 45.3 Å². The topological polar surface area (TPSA) is 50.4 Å². The van der Waals surface area contributed by atoms with Gasteiger partial charge in [0.2, 0.25) is 0 Å². The lowest BCUT2D eigenvalue weighted by molar-refractivity contribution is 0.0601. The van der Waals surface area contributed by atoms with Gasteiger partial charge in [0, 0.05) is 10.6 Å². The first-order chi connectivity index (χ1) is 11.0. The number of benzene rings is 1. The van der Waals surface area contributed by atoms with Crippen molar-refractivity contribution < 1.29 is 13.9 Å². The van der Waals surface area contributed by atoms with Crippen molar-refractivity contribution in [2.45, 2.75) is 20.3 Å². The summed E-state index contributed by atoms with van der Waals surface area (Å²) in [7, 11) is 1.35. The van der Waals surface area contributed by atoms with Gasteiger partial charge in [-0.15, -0.1) is 11.3 Å². The molecule has 1 heterocycles. The number of halogens is 1. The molecular weight excluding hydrogens is 335 g/mol. The molecule has 0 aliphatic carbocycles. The molecule has 0 saturated heterocycles. The van der Waals surface area contributed by atoms with Gasteiger partial charge in [0.25, 0.3) is 0 Å². The smallest absolute Gasteiger partial charge is 0.341 e. The van der Waals surface area contributed by atoms with E-state index in [1.54, 1.807) is 12.1 Å². The van der Waals surface area contributed by atoms with Crippen LogP contribution >= 0.6 is 23.6 Å². The highest BCUT2D eigenvalue weighted by Crippen LogP contribution is 2.34. The van der Waals surface area contributed by atoms with Crippen molar-refractivity contribution in [3.63, 3.8) is 0 Å². The van der Waals surface area contributed by atoms with E-state index >= 15 is 0 Å². The lowest BCUT2D eigenvalue weighted by Crippen LogP contribution is -2.20. The van der Waals surface area contributed by atoms with E-state index in [-0.39, 0.29) is 5.82 Å². The number of hydrogen-bond donors (Lipinski definition) is 2. The molecule has 2 rings (SSSR count). The molecule has 0 aliphatic rings. The average Bonchev–Trinajstić information content (AvgIpc) is 2.83. The highest BCUT2D eigenvalue weighted by Gasteiger charge is 2.22. The Morgan fingerprint density at radius 3 is 2.52 bits per heavy atom. The summed E-state index contributed by atoms with van der Waals surface area (Å²) in [6, 6.07) is 5.86. The number of anilines is 2. The maximum atomic E-state index is 12.9. The third kappa shape index (κ3) is 4.05. The predicted octanol–water partition coefficient (Wildman–Crippen LogP) is 4.35. The second-order valence-electron chi connectivity index (χ2n) is 4.77. The second-order valence-corrected chi connectivity index (χ2v) is 6.41. The predicted molar refractivity (Wildman–Crippen MR) is 96.0 cm³/mol. The lowest BCUT2D eigenvalue weighted by Gasteiger charge is -2.11. The number of rotatable bonds is 4. The zero-order valence-corrected chi connectivity index (χ0v) is 14.7. The number of esters is 1. The van der Waals surface area contributed by atoms with Crippen molar-refractivity contribution in [1.82, 2.24) is 0 Å². The molecule has 1 aromatic carbocycles. The number of methoxy groups -OCH3 is 1. The fourth-order valence-electron chi connectivity index (χ4n) is 2.21. The van der Waals surface area contributed by atoms with Gasteiger partial charge in [-0.3, -0.25) is 0 Å². The van der Waals surface area contributed by atoms with Crippen molar-refractivity contribution in [2.75, 3.05) is 17.7 Å². The normalized spacial score (nSPS) is 10.3. The number of aryl methyl sites for hydroxylation is 1. The van der Waals surface area contributed by atoms with Gasteiger partial charge in [0.05, 0.1) is 12.7 Å². The lowest BCUT2D eigenvalue weighted by atomic mass is 10.1. The molecule has 0 amide bonds. The third-order valence-electron chi connectivity index (χ3n) is 3.28. The minimum absolute atomic E-state index is 0.316. The largest absolute Gasteiger partial charge is 0.465 e. The van der Waals surface area contributed by atoms with Crippen LogP contribution in [0.5, 0.6) is 0 Å². The van der Waals surface area contributed by atoms with Crippen LogP contribution in [-0.4, -0.2) is 18.2 Å². The van der Waals surface area contributed by atoms with Crippen molar-refractivity contribution in [3.8, 4) is 0 Å². The number of ether oxygens (including phenoxy) is 1. The molecule has 0 atom stereocenters. The SMILES string of the molecule is CCc1c(C)sc(NC(=S)Nc2ccc(F)cc2)c1C(=O)OC. The van der Waals surface area contributed by atoms with Crippen molar-refractivity contribution in [1.29, 1.82) is 0 Å². The molecular formula is C16H17FN2O2S2. The number of carbonyl (C=O) groups excluding carboxylic acids is 1. The summed E-state index contributed by atoms with van der Waals surface area (Å²) in [4.78, 5) is 13.1. The summed E-state index contributed by atoms with van der Waals surface area (Å²) < 4.78 is 17.8. The summed E-state index contributed by atoms with van der Waals surface area (Å²) >= 11 is 6.71. The highest BCUT2D eigenvalue weighted by atomic mass is 32.1. The standard InChI is InChI=1S/C16H17FN2O2S2/c1-4-12-9(2)23-14(13(12)15(20)21-3)19-16(22)18-11-7-5-10(17)6-8-11/h5-8H,4H2,1-3H3,(H2,18,19,22). The second kappa shape index (κ2) is 7.52. The maximum absolute atomic E-state index is 12.9. The van der Waals surface area contributed by atoms with Gasteiger partial charge in [-0.2, -0.15) is 0 Å². The fourth-order valence-corrected chi connectivity index (χ4v) is 3.63. The maximum Gasteiger partial charge on any atom is 0.341 e. The Morgan fingerprint density at radius 1 is 1.30 bits per heavy atom. The Balaban J connectivity index is 2.20. The fraction of sp³-hybridized carbons (Fsp3) is 0.250.